The third-order valence-electron chi connectivity index (χ3n) is 2.21. The molecule has 0 saturated heterocycles. The van der Waals surface area contributed by atoms with E-state index >= 15 is 0 Å². The Bertz CT molecular complexity index is 534. The molecule has 0 radical (unpaired) electrons. The van der Waals surface area contributed by atoms with Crippen molar-refractivity contribution in [3.63, 3.8) is 0 Å². The SMILES string of the molecule is C#CCNc1nccc(OCc2ccccc2)n1. The molecule has 0 spiro atoms. The van der Waals surface area contributed by atoms with Gasteiger partial charge in [0.25, 0.3) is 0 Å². The number of nitrogens with zero attached hydrogens (tertiary/aromatic N) is 2. The van der Waals surface area contributed by atoms with E-state index in [9.17, 15) is 0 Å². The lowest BCUT2D eigenvalue weighted by Gasteiger charge is -2.06. The molecule has 2 rings (SSSR count). The predicted octanol–water partition coefficient (Wildman–Crippen LogP) is 2.10. The Morgan fingerprint density at radius 2 is 2.06 bits per heavy atom. The average Bonchev–Trinajstić information content (AvgIpc) is 2.44. The molecule has 0 saturated carbocycles. The fraction of sp³-hybridized carbons (Fsp3) is 0.143. The molecule has 0 aliphatic heterocycles. The van der Waals surface area contributed by atoms with Gasteiger partial charge in [0.15, 0.2) is 0 Å². The normalized spacial score (nSPS) is 9.50. The van der Waals surface area contributed by atoms with Crippen molar-refractivity contribution < 1.29 is 4.74 Å². The molecule has 0 aliphatic carbocycles. The van der Waals surface area contributed by atoms with Gasteiger partial charge in [-0.2, -0.15) is 4.98 Å². The summed E-state index contributed by atoms with van der Waals surface area (Å²) in [4.78, 5) is 8.22. The number of nitrogens with one attached hydrogen (secondary N) is 1. The summed E-state index contributed by atoms with van der Waals surface area (Å²) in [5, 5.41) is 2.89. The first-order chi connectivity index (χ1) is 8.88. The minimum absolute atomic E-state index is 0.391. The first-order valence-corrected chi connectivity index (χ1v) is 5.55. The summed E-state index contributed by atoms with van der Waals surface area (Å²) in [6.07, 6.45) is 6.78. The van der Waals surface area contributed by atoms with E-state index in [2.05, 4.69) is 21.2 Å². The molecule has 0 atom stereocenters. The Hall–Kier alpha value is -2.54. The lowest BCUT2D eigenvalue weighted by molar-refractivity contribution is 0.294. The molecule has 0 fully saturated rings. The van der Waals surface area contributed by atoms with Crippen molar-refractivity contribution in [3.8, 4) is 18.2 Å². The highest BCUT2D eigenvalue weighted by atomic mass is 16.5. The largest absolute Gasteiger partial charge is 0.473 e. The molecule has 90 valence electrons. The van der Waals surface area contributed by atoms with Crippen LogP contribution in [0, 0.1) is 12.3 Å². The van der Waals surface area contributed by atoms with E-state index in [1.54, 1.807) is 12.3 Å². The van der Waals surface area contributed by atoms with Crippen molar-refractivity contribution in [1.82, 2.24) is 9.97 Å². The van der Waals surface area contributed by atoms with Crippen LogP contribution in [0.4, 0.5) is 5.95 Å². The minimum Gasteiger partial charge on any atom is -0.473 e. The summed E-state index contributed by atoms with van der Waals surface area (Å²) in [7, 11) is 0. The van der Waals surface area contributed by atoms with E-state index in [-0.39, 0.29) is 0 Å². The fourth-order valence-electron chi connectivity index (χ4n) is 1.37. The number of hydrogen-bond acceptors (Lipinski definition) is 4. The number of rotatable bonds is 5. The van der Waals surface area contributed by atoms with E-state index in [1.807, 2.05) is 30.3 Å². The van der Waals surface area contributed by atoms with Gasteiger partial charge < -0.3 is 10.1 Å². The van der Waals surface area contributed by atoms with Crippen molar-refractivity contribution in [1.29, 1.82) is 0 Å². The molecule has 0 unspecified atom stereocenters. The monoisotopic (exact) mass is 239 g/mol. The van der Waals surface area contributed by atoms with Gasteiger partial charge >= 0.3 is 0 Å². The second-order valence-corrected chi connectivity index (χ2v) is 3.55. The third-order valence-corrected chi connectivity index (χ3v) is 2.21. The summed E-state index contributed by atoms with van der Waals surface area (Å²) in [6, 6.07) is 11.6. The van der Waals surface area contributed by atoms with Gasteiger partial charge in [-0.05, 0) is 5.56 Å². The number of benzene rings is 1. The van der Waals surface area contributed by atoms with Crippen LogP contribution >= 0.6 is 0 Å². The Balaban J connectivity index is 1.95. The number of hydrogen-bond donors (Lipinski definition) is 1. The maximum Gasteiger partial charge on any atom is 0.226 e. The molecule has 2 aromatic rings. The lowest BCUT2D eigenvalue weighted by atomic mass is 10.2. The second kappa shape index (κ2) is 6.26. The van der Waals surface area contributed by atoms with Crippen LogP contribution in [0.2, 0.25) is 0 Å². The Labute approximate surface area is 106 Å². The van der Waals surface area contributed by atoms with Gasteiger partial charge in [-0.25, -0.2) is 4.98 Å². The predicted molar refractivity (Wildman–Crippen MR) is 70.1 cm³/mol. The minimum atomic E-state index is 0.391. The molecule has 0 bridgehead atoms. The molecule has 1 aromatic heterocycles. The van der Waals surface area contributed by atoms with Crippen LogP contribution in [0.25, 0.3) is 0 Å². The van der Waals surface area contributed by atoms with Crippen LogP contribution < -0.4 is 10.1 Å². The maximum atomic E-state index is 5.57. The van der Waals surface area contributed by atoms with E-state index in [1.165, 1.54) is 0 Å². The molecule has 1 aromatic carbocycles. The smallest absolute Gasteiger partial charge is 0.226 e. The summed E-state index contributed by atoms with van der Waals surface area (Å²) < 4.78 is 5.57. The van der Waals surface area contributed by atoms with Crippen molar-refractivity contribution >= 4 is 5.95 Å². The van der Waals surface area contributed by atoms with Gasteiger partial charge in [0.1, 0.15) is 6.61 Å². The van der Waals surface area contributed by atoms with Gasteiger partial charge in [0.2, 0.25) is 11.8 Å². The highest BCUT2D eigenvalue weighted by Crippen LogP contribution is 2.10. The van der Waals surface area contributed by atoms with E-state index in [0.717, 1.165) is 5.56 Å². The van der Waals surface area contributed by atoms with Gasteiger partial charge in [-0.15, -0.1) is 6.42 Å². The van der Waals surface area contributed by atoms with E-state index in [0.29, 0.717) is 25.0 Å². The van der Waals surface area contributed by atoms with Crippen LogP contribution in [0.3, 0.4) is 0 Å². The first-order valence-electron chi connectivity index (χ1n) is 5.55. The maximum absolute atomic E-state index is 5.57. The Morgan fingerprint density at radius 1 is 1.22 bits per heavy atom. The van der Waals surface area contributed by atoms with Crippen LogP contribution in [-0.4, -0.2) is 16.5 Å². The molecule has 0 aliphatic rings. The number of anilines is 1. The molecule has 1 N–H and O–H groups in total. The van der Waals surface area contributed by atoms with Crippen molar-refractivity contribution in [3.05, 3.63) is 48.2 Å². The van der Waals surface area contributed by atoms with Crippen LogP contribution in [0.15, 0.2) is 42.6 Å². The van der Waals surface area contributed by atoms with Crippen LogP contribution in [0.5, 0.6) is 5.88 Å². The lowest BCUT2D eigenvalue weighted by Crippen LogP contribution is -2.04. The standard InChI is InChI=1S/C14H13N3O/c1-2-9-15-14-16-10-8-13(17-14)18-11-12-6-4-3-5-7-12/h1,3-8,10H,9,11H2,(H,15,16,17). The summed E-state index contributed by atoms with van der Waals surface area (Å²) in [5.74, 6) is 3.45. The quantitative estimate of drug-likeness (QED) is 0.812. The molecule has 0 amide bonds. The summed E-state index contributed by atoms with van der Waals surface area (Å²) in [5.41, 5.74) is 1.09. The van der Waals surface area contributed by atoms with Gasteiger partial charge in [0, 0.05) is 12.3 Å². The molecular formula is C14H13N3O. The van der Waals surface area contributed by atoms with Crippen molar-refractivity contribution in [2.24, 2.45) is 0 Å². The molecule has 4 heteroatoms. The average molecular weight is 239 g/mol. The zero-order chi connectivity index (χ0) is 12.6. The zero-order valence-corrected chi connectivity index (χ0v) is 9.84. The molecular weight excluding hydrogens is 226 g/mol. The number of terminal acetylenes is 1. The highest BCUT2D eigenvalue weighted by molar-refractivity contribution is 5.29. The Morgan fingerprint density at radius 3 is 2.83 bits per heavy atom. The molecule has 4 nitrogen and oxygen atoms in total. The molecule has 18 heavy (non-hydrogen) atoms. The Kier molecular flexibility index (Phi) is 4.15. The van der Waals surface area contributed by atoms with E-state index < -0.39 is 0 Å². The fourth-order valence-corrected chi connectivity index (χ4v) is 1.37. The van der Waals surface area contributed by atoms with E-state index in [4.69, 9.17) is 11.2 Å². The highest BCUT2D eigenvalue weighted by Gasteiger charge is 1.99. The van der Waals surface area contributed by atoms with Crippen LogP contribution in [0.1, 0.15) is 5.56 Å². The van der Waals surface area contributed by atoms with Gasteiger partial charge in [0.05, 0.1) is 6.54 Å². The van der Waals surface area contributed by atoms with Gasteiger partial charge in [-0.1, -0.05) is 36.3 Å². The van der Waals surface area contributed by atoms with Crippen molar-refractivity contribution in [2.45, 2.75) is 6.61 Å². The van der Waals surface area contributed by atoms with Gasteiger partial charge in [-0.3, -0.25) is 0 Å². The first kappa shape index (κ1) is 11.9. The van der Waals surface area contributed by atoms with Crippen LogP contribution in [-0.2, 0) is 6.61 Å². The topological polar surface area (TPSA) is 47.0 Å². The van der Waals surface area contributed by atoms with Crippen molar-refractivity contribution in [2.75, 3.05) is 11.9 Å². The third kappa shape index (κ3) is 3.49. The summed E-state index contributed by atoms with van der Waals surface area (Å²) in [6.45, 7) is 0.870. The molecule has 1 heterocycles. The zero-order valence-electron chi connectivity index (χ0n) is 9.84. The summed E-state index contributed by atoms with van der Waals surface area (Å²) >= 11 is 0. The number of aromatic nitrogens is 2. The second-order valence-electron chi connectivity index (χ2n) is 3.55. The number of ether oxygens (including phenoxy) is 1.